The molecule has 0 radical (unpaired) electrons. The van der Waals surface area contributed by atoms with Gasteiger partial charge in [0.15, 0.2) is 0 Å². The zero-order valence-corrected chi connectivity index (χ0v) is 24.8. The van der Waals surface area contributed by atoms with E-state index >= 15 is 0 Å². The fraction of sp³-hybridized carbons (Fsp3) is 0.400. The van der Waals surface area contributed by atoms with Crippen molar-refractivity contribution in [3.63, 3.8) is 0 Å². The topological polar surface area (TPSA) is 126 Å². The van der Waals surface area contributed by atoms with Gasteiger partial charge in [-0.15, -0.1) is 0 Å². The third-order valence-electron chi connectivity index (χ3n) is 7.38. The van der Waals surface area contributed by atoms with Gasteiger partial charge in [0.1, 0.15) is 13.3 Å². The van der Waals surface area contributed by atoms with Crippen LogP contribution in [0.25, 0.3) is 0 Å². The number of carbonyl (C=O) groups excluding carboxylic acids is 2. The van der Waals surface area contributed by atoms with E-state index in [1.165, 1.54) is 12.1 Å². The highest BCUT2D eigenvalue weighted by Gasteiger charge is 2.38. The summed E-state index contributed by atoms with van der Waals surface area (Å²) in [6.45, 7) is 9.68. The molecule has 42 heavy (non-hydrogen) atoms. The molecule has 2 aromatic rings. The fourth-order valence-corrected chi connectivity index (χ4v) is 5.38. The highest BCUT2D eigenvalue weighted by Crippen LogP contribution is 2.39. The largest absolute Gasteiger partial charge is 0.461 e. The van der Waals surface area contributed by atoms with Gasteiger partial charge in [0.05, 0.1) is 16.4 Å². The minimum absolute atomic E-state index is 0.0124. The maximum atomic E-state index is 13.6. The smallest absolute Gasteiger partial charge is 0.336 e. The van der Waals surface area contributed by atoms with Crippen LogP contribution >= 0.6 is 11.6 Å². The monoisotopic (exact) mass is 597 g/mol. The molecule has 4 rings (SSSR count). The van der Waals surface area contributed by atoms with Crippen LogP contribution in [0.5, 0.6) is 0 Å². The summed E-state index contributed by atoms with van der Waals surface area (Å²) in [6, 6.07) is 13.8. The zero-order valence-electron chi connectivity index (χ0n) is 24.0. The lowest BCUT2D eigenvalue weighted by molar-refractivity contribution is -0.384. The highest BCUT2D eigenvalue weighted by molar-refractivity contribution is 6.30. The summed E-state index contributed by atoms with van der Waals surface area (Å²) in [5, 5.41) is 18.1. The number of hydrogen-bond donors (Lipinski definition) is 2. The Kier molecular flexibility index (Phi) is 10.6. The van der Waals surface area contributed by atoms with Gasteiger partial charge in [0.2, 0.25) is 0 Å². The molecule has 1 saturated heterocycles. The number of dihydropyridines is 1. The third kappa shape index (κ3) is 7.47. The lowest BCUT2D eigenvalue weighted by atomic mass is 9.80. The summed E-state index contributed by atoms with van der Waals surface area (Å²) >= 11 is 6.01. The molecule has 1 unspecified atom stereocenters. The van der Waals surface area contributed by atoms with Crippen LogP contribution in [-0.2, 0) is 19.1 Å². The van der Waals surface area contributed by atoms with Crippen molar-refractivity contribution in [1.29, 1.82) is 0 Å². The van der Waals surface area contributed by atoms with E-state index in [0.29, 0.717) is 35.1 Å². The van der Waals surface area contributed by atoms with Gasteiger partial charge < -0.3 is 25.0 Å². The van der Waals surface area contributed by atoms with E-state index in [-0.39, 0.29) is 30.2 Å². The average molecular weight is 598 g/mol. The Labute approximate surface area is 250 Å². The van der Waals surface area contributed by atoms with E-state index in [2.05, 4.69) is 20.4 Å². The van der Waals surface area contributed by atoms with Crippen molar-refractivity contribution < 1.29 is 24.0 Å². The first-order chi connectivity index (χ1) is 20.2. The Balaban J connectivity index is 1.47. The molecule has 224 valence electrons. The van der Waals surface area contributed by atoms with Crippen molar-refractivity contribution in [2.75, 3.05) is 57.6 Å². The van der Waals surface area contributed by atoms with Crippen LogP contribution in [0.2, 0.25) is 5.02 Å². The summed E-state index contributed by atoms with van der Waals surface area (Å²) in [5.74, 6) is -1.90. The number of nitrogens with zero attached hydrogens (tertiary/aromatic N) is 3. The second-order valence-electron chi connectivity index (χ2n) is 10.1. The number of rotatable bonds is 11. The standard InChI is InChI=1S/C30H36ClN5O6/c1-4-41-19-32-29(37)26-20(2)33-21(3)27(28(26)22-6-5-7-25(18-22)36(39)40)30(38)42-17-16-34-12-14-35(15-13-34)24-10-8-23(31)9-11-24/h5-11,18,28,33H,4,12-17,19H2,1-3H3,(H,32,37). The van der Waals surface area contributed by atoms with E-state index in [1.807, 2.05) is 31.2 Å². The van der Waals surface area contributed by atoms with Crippen molar-refractivity contribution in [3.8, 4) is 0 Å². The molecule has 2 N–H and O–H groups in total. The number of amides is 1. The first-order valence-electron chi connectivity index (χ1n) is 13.9. The molecule has 0 bridgehead atoms. The van der Waals surface area contributed by atoms with Gasteiger partial charge in [-0.2, -0.15) is 0 Å². The summed E-state index contributed by atoms with van der Waals surface area (Å²) in [6.07, 6.45) is 0. The van der Waals surface area contributed by atoms with Crippen LogP contribution in [0.15, 0.2) is 71.1 Å². The molecule has 1 atom stereocenters. The number of halogens is 1. The Morgan fingerprint density at radius 3 is 2.43 bits per heavy atom. The number of allylic oxidation sites excluding steroid dienone is 2. The second-order valence-corrected chi connectivity index (χ2v) is 10.5. The predicted molar refractivity (Wildman–Crippen MR) is 160 cm³/mol. The highest BCUT2D eigenvalue weighted by atomic mass is 35.5. The van der Waals surface area contributed by atoms with Crippen molar-refractivity contribution >= 4 is 34.9 Å². The third-order valence-corrected chi connectivity index (χ3v) is 7.63. The number of nitrogens with one attached hydrogen (secondary N) is 2. The lowest BCUT2D eigenvalue weighted by Crippen LogP contribution is -2.47. The molecule has 12 heteroatoms. The van der Waals surface area contributed by atoms with Crippen molar-refractivity contribution in [3.05, 3.63) is 91.8 Å². The SMILES string of the molecule is CCOCNC(=O)C1=C(C)NC(C)=C(C(=O)OCCN2CCN(c3ccc(Cl)cc3)CC2)C1c1cccc([N+](=O)[O-])c1. The first kappa shape index (κ1) is 31.0. The van der Waals surface area contributed by atoms with Crippen LogP contribution in [-0.4, -0.2) is 74.4 Å². The van der Waals surface area contributed by atoms with E-state index in [9.17, 15) is 19.7 Å². The summed E-state index contributed by atoms with van der Waals surface area (Å²) < 4.78 is 11.0. The quantitative estimate of drug-likeness (QED) is 0.130. The van der Waals surface area contributed by atoms with Crippen LogP contribution in [0.1, 0.15) is 32.3 Å². The summed E-state index contributed by atoms with van der Waals surface area (Å²) in [5.41, 5.74) is 2.98. The first-order valence-corrected chi connectivity index (χ1v) is 14.3. The van der Waals surface area contributed by atoms with E-state index in [0.717, 1.165) is 31.9 Å². The van der Waals surface area contributed by atoms with Gasteiger partial charge in [-0.3, -0.25) is 19.8 Å². The molecule has 2 aliphatic heterocycles. The Bertz CT molecular complexity index is 1370. The minimum atomic E-state index is -0.872. The molecule has 11 nitrogen and oxygen atoms in total. The number of ether oxygens (including phenoxy) is 2. The summed E-state index contributed by atoms with van der Waals surface area (Å²) in [4.78, 5) is 42.5. The number of esters is 1. The van der Waals surface area contributed by atoms with E-state index < -0.39 is 22.7 Å². The van der Waals surface area contributed by atoms with Crippen LogP contribution in [0, 0.1) is 10.1 Å². The average Bonchev–Trinajstić information content (AvgIpc) is 2.97. The van der Waals surface area contributed by atoms with Gasteiger partial charge >= 0.3 is 5.97 Å². The number of piperazine rings is 1. The van der Waals surface area contributed by atoms with Gasteiger partial charge in [-0.05, 0) is 50.6 Å². The van der Waals surface area contributed by atoms with Gasteiger partial charge in [-0.25, -0.2) is 4.79 Å². The Morgan fingerprint density at radius 2 is 1.76 bits per heavy atom. The Hall–Kier alpha value is -3.93. The molecule has 0 aliphatic carbocycles. The number of benzene rings is 2. The van der Waals surface area contributed by atoms with Crippen molar-refractivity contribution in [2.24, 2.45) is 0 Å². The fourth-order valence-electron chi connectivity index (χ4n) is 5.26. The number of nitro groups is 1. The molecule has 2 aromatic carbocycles. The predicted octanol–water partition coefficient (Wildman–Crippen LogP) is 3.96. The molecule has 1 fully saturated rings. The zero-order chi connectivity index (χ0) is 30.2. The van der Waals surface area contributed by atoms with Gasteiger partial charge in [-0.1, -0.05) is 23.7 Å². The van der Waals surface area contributed by atoms with Gasteiger partial charge in [0, 0.05) is 79.1 Å². The van der Waals surface area contributed by atoms with Crippen LogP contribution < -0.4 is 15.5 Å². The second kappa shape index (κ2) is 14.3. The van der Waals surface area contributed by atoms with Crippen molar-refractivity contribution in [1.82, 2.24) is 15.5 Å². The van der Waals surface area contributed by atoms with Crippen LogP contribution in [0.3, 0.4) is 0 Å². The van der Waals surface area contributed by atoms with Crippen molar-refractivity contribution in [2.45, 2.75) is 26.7 Å². The van der Waals surface area contributed by atoms with Gasteiger partial charge in [0.25, 0.3) is 11.6 Å². The minimum Gasteiger partial charge on any atom is -0.461 e. The molecule has 2 heterocycles. The molecule has 0 saturated carbocycles. The Morgan fingerprint density at radius 1 is 1.07 bits per heavy atom. The maximum Gasteiger partial charge on any atom is 0.336 e. The number of non-ortho nitro benzene ring substituents is 1. The molecular formula is C30H36ClN5O6. The molecule has 1 amide bonds. The lowest BCUT2D eigenvalue weighted by Gasteiger charge is -2.36. The molecular weight excluding hydrogens is 562 g/mol. The maximum absolute atomic E-state index is 13.6. The normalized spacial score (nSPS) is 17.6. The molecule has 2 aliphatic rings. The molecule has 0 aromatic heterocycles. The summed E-state index contributed by atoms with van der Waals surface area (Å²) in [7, 11) is 0. The number of carbonyl (C=O) groups is 2. The van der Waals surface area contributed by atoms with E-state index in [4.69, 9.17) is 21.1 Å². The molecule has 0 spiro atoms. The van der Waals surface area contributed by atoms with E-state index in [1.54, 1.807) is 26.0 Å². The van der Waals surface area contributed by atoms with Crippen LogP contribution in [0.4, 0.5) is 11.4 Å². The number of anilines is 1. The number of hydrogen-bond acceptors (Lipinski definition) is 9. The number of nitro benzene ring substituents is 1.